The lowest BCUT2D eigenvalue weighted by molar-refractivity contribution is 0.0602. The summed E-state index contributed by atoms with van der Waals surface area (Å²) in [6.07, 6.45) is 2.67. The van der Waals surface area contributed by atoms with E-state index >= 15 is 0 Å². The molecule has 2 amide bonds. The molecule has 0 spiro atoms. The molecule has 27 heavy (non-hydrogen) atoms. The van der Waals surface area contributed by atoms with Gasteiger partial charge < -0.3 is 15.0 Å². The monoisotopic (exact) mass is 370 g/mol. The number of anilines is 1. The Kier molecular flexibility index (Phi) is 6.06. The third-order valence-electron chi connectivity index (χ3n) is 4.91. The van der Waals surface area contributed by atoms with Crippen molar-refractivity contribution >= 4 is 17.7 Å². The zero-order valence-corrected chi connectivity index (χ0v) is 15.3. The lowest BCUT2D eigenvalue weighted by Crippen LogP contribution is -2.41. The quantitative estimate of drug-likeness (QED) is 0.825. The van der Waals surface area contributed by atoms with Crippen LogP contribution in [-0.4, -0.2) is 37.1 Å². The van der Waals surface area contributed by atoms with E-state index in [9.17, 15) is 14.0 Å². The van der Waals surface area contributed by atoms with Gasteiger partial charge in [0.2, 0.25) is 0 Å². The first-order chi connectivity index (χ1) is 13.1. The lowest BCUT2D eigenvalue weighted by Gasteiger charge is -2.32. The highest BCUT2D eigenvalue weighted by atomic mass is 19.1. The fourth-order valence-electron chi connectivity index (χ4n) is 3.37. The van der Waals surface area contributed by atoms with Crippen LogP contribution in [0.5, 0.6) is 0 Å². The van der Waals surface area contributed by atoms with Crippen molar-refractivity contribution in [3.05, 3.63) is 65.5 Å². The number of piperidine rings is 1. The number of carbonyl (C=O) groups excluding carboxylic acids is 2. The average Bonchev–Trinajstić information content (AvgIpc) is 2.70. The van der Waals surface area contributed by atoms with Gasteiger partial charge in [0.05, 0.1) is 18.4 Å². The van der Waals surface area contributed by atoms with E-state index in [1.807, 2.05) is 12.1 Å². The van der Waals surface area contributed by atoms with Gasteiger partial charge in [-0.05, 0) is 55.0 Å². The first kappa shape index (κ1) is 18.9. The Morgan fingerprint density at radius 1 is 1.11 bits per heavy atom. The number of esters is 1. The molecule has 0 bridgehead atoms. The van der Waals surface area contributed by atoms with Gasteiger partial charge in [0, 0.05) is 13.1 Å². The van der Waals surface area contributed by atoms with E-state index in [0.717, 1.165) is 24.8 Å². The van der Waals surface area contributed by atoms with Crippen molar-refractivity contribution in [2.24, 2.45) is 5.92 Å². The molecule has 0 aliphatic carbocycles. The molecule has 2 aromatic carbocycles. The molecule has 142 valence electrons. The van der Waals surface area contributed by atoms with E-state index in [2.05, 4.69) is 5.32 Å². The molecule has 1 aliphatic heterocycles. The molecule has 1 aliphatic rings. The van der Waals surface area contributed by atoms with Gasteiger partial charge in [0.15, 0.2) is 0 Å². The van der Waals surface area contributed by atoms with Crippen LogP contribution in [-0.2, 0) is 11.2 Å². The minimum absolute atomic E-state index is 0.216. The normalized spacial score (nSPS) is 14.7. The van der Waals surface area contributed by atoms with Crippen molar-refractivity contribution in [3.8, 4) is 0 Å². The molecule has 6 heteroatoms. The fraction of sp³-hybridized carbons (Fsp3) is 0.333. The summed E-state index contributed by atoms with van der Waals surface area (Å²) >= 11 is 0. The van der Waals surface area contributed by atoms with Gasteiger partial charge in [-0.1, -0.05) is 24.3 Å². The number of benzene rings is 2. The van der Waals surface area contributed by atoms with Crippen LogP contribution in [0.4, 0.5) is 14.9 Å². The zero-order chi connectivity index (χ0) is 19.2. The fourth-order valence-corrected chi connectivity index (χ4v) is 3.37. The summed E-state index contributed by atoms with van der Waals surface area (Å²) in [5.74, 6) is -0.233. The number of amides is 2. The molecule has 0 radical (unpaired) electrons. The molecule has 1 fully saturated rings. The number of nitrogens with one attached hydrogen (secondary N) is 1. The third kappa shape index (κ3) is 4.84. The number of nitrogens with zero attached hydrogens (tertiary/aromatic N) is 1. The van der Waals surface area contributed by atoms with Crippen LogP contribution >= 0.6 is 0 Å². The zero-order valence-electron chi connectivity index (χ0n) is 15.3. The molecule has 1 heterocycles. The highest BCUT2D eigenvalue weighted by Crippen LogP contribution is 2.23. The van der Waals surface area contributed by atoms with Crippen molar-refractivity contribution in [2.75, 3.05) is 25.5 Å². The number of urea groups is 1. The summed E-state index contributed by atoms with van der Waals surface area (Å²) in [5, 5.41) is 2.81. The minimum Gasteiger partial charge on any atom is -0.465 e. The number of para-hydroxylation sites is 1. The smallest absolute Gasteiger partial charge is 0.339 e. The standard InChI is InChI=1S/C21H23FN2O3/c1-27-20(25)18-4-2-3-5-19(18)23-21(26)24-12-10-16(11-13-24)14-15-6-8-17(22)9-7-15/h2-9,16H,10-14H2,1H3,(H,23,26). The Hall–Kier alpha value is -2.89. The molecule has 1 N–H and O–H groups in total. The molecule has 1 saturated heterocycles. The van der Waals surface area contributed by atoms with Gasteiger partial charge in [0.1, 0.15) is 5.82 Å². The topological polar surface area (TPSA) is 58.6 Å². The molecule has 0 aromatic heterocycles. The van der Waals surface area contributed by atoms with Crippen LogP contribution in [0.25, 0.3) is 0 Å². The van der Waals surface area contributed by atoms with Crippen LogP contribution in [0.2, 0.25) is 0 Å². The van der Waals surface area contributed by atoms with E-state index in [1.165, 1.54) is 19.2 Å². The van der Waals surface area contributed by atoms with Crippen molar-refractivity contribution in [3.63, 3.8) is 0 Å². The number of halogens is 1. The number of methoxy groups -OCH3 is 1. The number of carbonyl (C=O) groups is 2. The summed E-state index contributed by atoms with van der Waals surface area (Å²) in [4.78, 5) is 26.1. The maximum atomic E-state index is 13.0. The van der Waals surface area contributed by atoms with Crippen molar-refractivity contribution < 1.29 is 18.7 Å². The van der Waals surface area contributed by atoms with E-state index in [1.54, 1.807) is 29.2 Å². The summed E-state index contributed by atoms with van der Waals surface area (Å²) < 4.78 is 17.8. The molecule has 3 rings (SSSR count). The van der Waals surface area contributed by atoms with Crippen molar-refractivity contribution in [1.29, 1.82) is 0 Å². The number of rotatable bonds is 4. The number of hydrogen-bond acceptors (Lipinski definition) is 3. The maximum absolute atomic E-state index is 13.0. The van der Waals surface area contributed by atoms with Crippen LogP contribution in [0.3, 0.4) is 0 Å². The molecule has 2 aromatic rings. The molecule has 0 atom stereocenters. The molecule has 0 unspecified atom stereocenters. The maximum Gasteiger partial charge on any atom is 0.339 e. The summed E-state index contributed by atoms with van der Waals surface area (Å²) in [6, 6.07) is 13.2. The van der Waals surface area contributed by atoms with Gasteiger partial charge in [-0.15, -0.1) is 0 Å². The van der Waals surface area contributed by atoms with Crippen molar-refractivity contribution in [2.45, 2.75) is 19.3 Å². The van der Waals surface area contributed by atoms with Crippen LogP contribution < -0.4 is 5.32 Å². The number of hydrogen-bond donors (Lipinski definition) is 1. The first-order valence-corrected chi connectivity index (χ1v) is 9.04. The van der Waals surface area contributed by atoms with Gasteiger partial charge in [-0.3, -0.25) is 0 Å². The second-order valence-corrected chi connectivity index (χ2v) is 6.73. The lowest BCUT2D eigenvalue weighted by atomic mass is 9.90. The Balaban J connectivity index is 1.54. The van der Waals surface area contributed by atoms with E-state index in [0.29, 0.717) is 30.3 Å². The van der Waals surface area contributed by atoms with Gasteiger partial charge >= 0.3 is 12.0 Å². The van der Waals surface area contributed by atoms with Crippen molar-refractivity contribution in [1.82, 2.24) is 4.90 Å². The average molecular weight is 370 g/mol. The summed E-state index contributed by atoms with van der Waals surface area (Å²) in [5.41, 5.74) is 1.90. The van der Waals surface area contributed by atoms with E-state index in [-0.39, 0.29) is 11.8 Å². The van der Waals surface area contributed by atoms with Crippen LogP contribution in [0.1, 0.15) is 28.8 Å². The minimum atomic E-state index is -0.482. The van der Waals surface area contributed by atoms with Gasteiger partial charge in [-0.25, -0.2) is 14.0 Å². The SMILES string of the molecule is COC(=O)c1ccccc1NC(=O)N1CCC(Cc2ccc(F)cc2)CC1. The van der Waals surface area contributed by atoms with Gasteiger partial charge in [-0.2, -0.15) is 0 Å². The molecular formula is C21H23FN2O3. The Labute approximate surface area is 158 Å². The molecule has 0 saturated carbocycles. The Morgan fingerprint density at radius 2 is 1.78 bits per heavy atom. The van der Waals surface area contributed by atoms with E-state index < -0.39 is 5.97 Å². The van der Waals surface area contributed by atoms with Gasteiger partial charge in [0.25, 0.3) is 0 Å². The number of likely N-dealkylation sites (tertiary alicyclic amines) is 1. The highest BCUT2D eigenvalue weighted by Gasteiger charge is 2.24. The third-order valence-corrected chi connectivity index (χ3v) is 4.91. The molecule has 5 nitrogen and oxygen atoms in total. The number of ether oxygens (including phenoxy) is 1. The Bertz CT molecular complexity index is 799. The largest absolute Gasteiger partial charge is 0.465 e. The summed E-state index contributed by atoms with van der Waals surface area (Å²) in [6.45, 7) is 1.30. The second kappa shape index (κ2) is 8.66. The predicted octanol–water partition coefficient (Wildman–Crippen LogP) is 4.10. The predicted molar refractivity (Wildman–Crippen MR) is 101 cm³/mol. The molecular weight excluding hydrogens is 347 g/mol. The highest BCUT2D eigenvalue weighted by molar-refractivity contribution is 6.00. The van der Waals surface area contributed by atoms with E-state index in [4.69, 9.17) is 4.74 Å². The van der Waals surface area contributed by atoms with Crippen LogP contribution in [0, 0.1) is 11.7 Å². The first-order valence-electron chi connectivity index (χ1n) is 9.04. The van der Waals surface area contributed by atoms with Crippen LogP contribution in [0.15, 0.2) is 48.5 Å². The Morgan fingerprint density at radius 3 is 2.44 bits per heavy atom. The second-order valence-electron chi connectivity index (χ2n) is 6.73. The summed E-state index contributed by atoms with van der Waals surface area (Å²) in [7, 11) is 1.31.